The second-order valence-electron chi connectivity index (χ2n) is 5.71. The van der Waals surface area contributed by atoms with Gasteiger partial charge in [0.2, 0.25) is 5.91 Å². The number of carbonyl (C=O) groups is 1. The van der Waals surface area contributed by atoms with E-state index in [-0.39, 0.29) is 23.5 Å². The first kappa shape index (κ1) is 12.6. The number of fused-ring (bicyclic) bond motifs is 1. The highest BCUT2D eigenvalue weighted by atomic mass is 19.1. The van der Waals surface area contributed by atoms with Crippen LogP contribution in [0.25, 0.3) is 0 Å². The summed E-state index contributed by atoms with van der Waals surface area (Å²) < 4.78 is 13.6. The van der Waals surface area contributed by atoms with Crippen molar-refractivity contribution in [3.05, 3.63) is 29.6 Å². The quantitative estimate of drug-likeness (QED) is 0.859. The number of rotatable bonds is 2. The molecule has 1 aromatic rings. The summed E-state index contributed by atoms with van der Waals surface area (Å²) in [5.41, 5.74) is 1.23. The third kappa shape index (κ3) is 2.37. The van der Waals surface area contributed by atoms with Crippen LogP contribution >= 0.6 is 0 Å². The zero-order chi connectivity index (χ0) is 13.4. The lowest BCUT2D eigenvalue weighted by Crippen LogP contribution is -2.39. The Kier molecular flexibility index (Phi) is 3.27. The standard InChI is InChI=1S/C15H19FN2O/c1-9-5-6-12(16)13(7-9)18-15(19)14-11-4-2-3-10(11)8-17-14/h5-7,10-11,14,17H,2-4,8H2,1H3,(H,18,19). The van der Waals surface area contributed by atoms with Crippen LogP contribution in [0.1, 0.15) is 24.8 Å². The number of halogens is 1. The summed E-state index contributed by atoms with van der Waals surface area (Å²) in [6.45, 7) is 2.80. The molecule has 3 atom stereocenters. The van der Waals surface area contributed by atoms with Crippen molar-refractivity contribution >= 4 is 11.6 Å². The zero-order valence-corrected chi connectivity index (χ0v) is 11.1. The Labute approximate surface area is 112 Å². The predicted octanol–water partition coefficient (Wildman–Crippen LogP) is 2.46. The Balaban J connectivity index is 1.73. The third-order valence-electron chi connectivity index (χ3n) is 4.41. The van der Waals surface area contributed by atoms with E-state index in [9.17, 15) is 9.18 Å². The molecular formula is C15H19FN2O. The molecule has 0 aromatic heterocycles. The summed E-state index contributed by atoms with van der Waals surface area (Å²) in [6.07, 6.45) is 3.52. The summed E-state index contributed by atoms with van der Waals surface area (Å²) in [5, 5.41) is 6.01. The van der Waals surface area contributed by atoms with Crippen LogP contribution in [0.2, 0.25) is 0 Å². The third-order valence-corrected chi connectivity index (χ3v) is 4.41. The fourth-order valence-corrected chi connectivity index (χ4v) is 3.42. The Morgan fingerprint density at radius 3 is 3.11 bits per heavy atom. The molecule has 3 rings (SSSR count). The number of aryl methyl sites for hydroxylation is 1. The summed E-state index contributed by atoms with van der Waals surface area (Å²) in [6, 6.07) is 4.61. The summed E-state index contributed by atoms with van der Waals surface area (Å²) >= 11 is 0. The maximum absolute atomic E-state index is 13.6. The van der Waals surface area contributed by atoms with Gasteiger partial charge in [0.05, 0.1) is 11.7 Å². The lowest BCUT2D eigenvalue weighted by Gasteiger charge is -2.18. The molecule has 4 heteroatoms. The molecule has 1 saturated heterocycles. The molecule has 2 N–H and O–H groups in total. The maximum atomic E-state index is 13.6. The van der Waals surface area contributed by atoms with Gasteiger partial charge < -0.3 is 10.6 Å². The van der Waals surface area contributed by atoms with Crippen molar-refractivity contribution in [3.63, 3.8) is 0 Å². The van der Waals surface area contributed by atoms with E-state index in [1.807, 2.05) is 6.92 Å². The van der Waals surface area contributed by atoms with E-state index in [0.717, 1.165) is 18.5 Å². The maximum Gasteiger partial charge on any atom is 0.241 e. The van der Waals surface area contributed by atoms with Crippen LogP contribution in [0, 0.1) is 24.6 Å². The van der Waals surface area contributed by atoms with Crippen LogP contribution in [-0.4, -0.2) is 18.5 Å². The molecule has 2 fully saturated rings. The minimum Gasteiger partial charge on any atom is -0.322 e. The monoisotopic (exact) mass is 262 g/mol. The first-order chi connectivity index (χ1) is 9.15. The molecule has 0 bridgehead atoms. The Hall–Kier alpha value is -1.42. The SMILES string of the molecule is Cc1ccc(F)c(NC(=O)C2NCC3CCCC32)c1. The van der Waals surface area contributed by atoms with Gasteiger partial charge in [-0.1, -0.05) is 12.5 Å². The van der Waals surface area contributed by atoms with Crippen molar-refractivity contribution in [2.24, 2.45) is 11.8 Å². The topological polar surface area (TPSA) is 41.1 Å². The lowest BCUT2D eigenvalue weighted by atomic mass is 9.93. The summed E-state index contributed by atoms with van der Waals surface area (Å²) in [7, 11) is 0. The Morgan fingerprint density at radius 2 is 2.26 bits per heavy atom. The average molecular weight is 262 g/mol. The van der Waals surface area contributed by atoms with E-state index in [0.29, 0.717) is 11.8 Å². The van der Waals surface area contributed by atoms with Crippen LogP contribution in [0.4, 0.5) is 10.1 Å². The van der Waals surface area contributed by atoms with E-state index in [1.54, 1.807) is 12.1 Å². The van der Waals surface area contributed by atoms with Gasteiger partial charge in [-0.05, 0) is 55.8 Å². The molecule has 3 unspecified atom stereocenters. The molecule has 0 spiro atoms. The molecule has 1 aliphatic carbocycles. The molecule has 2 aliphatic rings. The van der Waals surface area contributed by atoms with Gasteiger partial charge in [0.15, 0.2) is 0 Å². The van der Waals surface area contributed by atoms with Crippen molar-refractivity contribution < 1.29 is 9.18 Å². The van der Waals surface area contributed by atoms with Crippen LogP contribution in [0.5, 0.6) is 0 Å². The number of anilines is 1. The van der Waals surface area contributed by atoms with E-state index in [4.69, 9.17) is 0 Å². The molecule has 0 radical (unpaired) electrons. The lowest BCUT2D eigenvalue weighted by molar-refractivity contribution is -0.118. The van der Waals surface area contributed by atoms with E-state index >= 15 is 0 Å². The zero-order valence-electron chi connectivity index (χ0n) is 11.1. The molecule has 1 aromatic carbocycles. The molecule has 1 aliphatic heterocycles. The number of hydrogen-bond donors (Lipinski definition) is 2. The van der Waals surface area contributed by atoms with Crippen molar-refractivity contribution in [2.75, 3.05) is 11.9 Å². The van der Waals surface area contributed by atoms with Gasteiger partial charge >= 0.3 is 0 Å². The number of hydrogen-bond acceptors (Lipinski definition) is 2. The molecule has 1 amide bonds. The van der Waals surface area contributed by atoms with Gasteiger partial charge in [0.25, 0.3) is 0 Å². The van der Waals surface area contributed by atoms with Crippen molar-refractivity contribution in [2.45, 2.75) is 32.2 Å². The minimum atomic E-state index is -0.375. The number of nitrogens with one attached hydrogen (secondary N) is 2. The van der Waals surface area contributed by atoms with E-state index in [2.05, 4.69) is 10.6 Å². The van der Waals surface area contributed by atoms with Crippen molar-refractivity contribution in [1.29, 1.82) is 0 Å². The molecule has 3 nitrogen and oxygen atoms in total. The minimum absolute atomic E-state index is 0.0982. The number of amides is 1. The van der Waals surface area contributed by atoms with Gasteiger partial charge in [0, 0.05) is 0 Å². The highest BCUT2D eigenvalue weighted by Crippen LogP contribution is 2.38. The summed E-state index contributed by atoms with van der Waals surface area (Å²) in [5.74, 6) is 0.574. The Bertz CT molecular complexity index is 503. The fourth-order valence-electron chi connectivity index (χ4n) is 3.42. The van der Waals surface area contributed by atoms with Crippen LogP contribution in [-0.2, 0) is 4.79 Å². The highest BCUT2D eigenvalue weighted by Gasteiger charge is 2.42. The molecule has 1 heterocycles. The van der Waals surface area contributed by atoms with Gasteiger partial charge in [0.1, 0.15) is 5.82 Å². The average Bonchev–Trinajstić information content (AvgIpc) is 2.95. The predicted molar refractivity (Wildman–Crippen MR) is 72.4 cm³/mol. The van der Waals surface area contributed by atoms with E-state index < -0.39 is 0 Å². The second-order valence-corrected chi connectivity index (χ2v) is 5.71. The number of carbonyl (C=O) groups excluding carboxylic acids is 1. The molecular weight excluding hydrogens is 243 g/mol. The summed E-state index contributed by atoms with van der Waals surface area (Å²) in [4.78, 5) is 12.3. The van der Waals surface area contributed by atoms with Gasteiger partial charge in [-0.15, -0.1) is 0 Å². The Morgan fingerprint density at radius 1 is 1.42 bits per heavy atom. The van der Waals surface area contributed by atoms with Crippen LogP contribution < -0.4 is 10.6 Å². The smallest absolute Gasteiger partial charge is 0.241 e. The fraction of sp³-hybridized carbons (Fsp3) is 0.533. The molecule has 102 valence electrons. The van der Waals surface area contributed by atoms with Crippen molar-refractivity contribution in [1.82, 2.24) is 5.32 Å². The van der Waals surface area contributed by atoms with Crippen molar-refractivity contribution in [3.8, 4) is 0 Å². The van der Waals surface area contributed by atoms with Crippen LogP contribution in [0.15, 0.2) is 18.2 Å². The second kappa shape index (κ2) is 4.93. The molecule has 1 saturated carbocycles. The van der Waals surface area contributed by atoms with E-state index in [1.165, 1.54) is 18.9 Å². The van der Waals surface area contributed by atoms with Crippen LogP contribution in [0.3, 0.4) is 0 Å². The largest absolute Gasteiger partial charge is 0.322 e. The van der Waals surface area contributed by atoms with Gasteiger partial charge in [-0.3, -0.25) is 4.79 Å². The first-order valence-corrected chi connectivity index (χ1v) is 6.95. The normalized spacial score (nSPS) is 29.3. The first-order valence-electron chi connectivity index (χ1n) is 6.95. The van der Waals surface area contributed by atoms with Gasteiger partial charge in [-0.2, -0.15) is 0 Å². The van der Waals surface area contributed by atoms with Gasteiger partial charge in [-0.25, -0.2) is 4.39 Å². The number of benzene rings is 1. The molecule has 19 heavy (non-hydrogen) atoms. The highest BCUT2D eigenvalue weighted by molar-refractivity contribution is 5.95.